The minimum absolute atomic E-state index is 0.196. The molecule has 0 radical (unpaired) electrons. The van der Waals surface area contributed by atoms with Crippen LogP contribution in [-0.2, 0) is 11.0 Å². The molecule has 192 valence electrons. The summed E-state index contributed by atoms with van der Waals surface area (Å²) in [5.41, 5.74) is -1.49. The highest BCUT2D eigenvalue weighted by Gasteiger charge is 2.52. The smallest absolute Gasteiger partial charge is 0.378 e. The number of H-pyrrole nitrogens is 1. The van der Waals surface area contributed by atoms with E-state index in [-0.39, 0.29) is 23.6 Å². The van der Waals surface area contributed by atoms with Crippen LogP contribution in [0.25, 0.3) is 0 Å². The molecular weight excluding hydrogens is 479 g/mol. The molecule has 0 aliphatic carbocycles. The van der Waals surface area contributed by atoms with E-state index in [1.165, 1.54) is 4.90 Å². The van der Waals surface area contributed by atoms with Gasteiger partial charge in [-0.1, -0.05) is 24.9 Å². The van der Waals surface area contributed by atoms with Crippen molar-refractivity contribution in [2.24, 2.45) is 5.92 Å². The van der Waals surface area contributed by atoms with Gasteiger partial charge in [-0.15, -0.1) is 0 Å². The molecule has 12 heteroatoms. The summed E-state index contributed by atoms with van der Waals surface area (Å²) < 4.78 is 39.1. The van der Waals surface area contributed by atoms with Gasteiger partial charge in [0.05, 0.1) is 14.1 Å². The third-order valence-corrected chi connectivity index (χ3v) is 12.8. The lowest BCUT2D eigenvalue weighted by molar-refractivity contribution is -0.140. The Kier molecular flexibility index (Phi) is 6.80. The van der Waals surface area contributed by atoms with E-state index in [9.17, 15) is 33.1 Å². The molecule has 8 nitrogen and oxygen atoms in total. The van der Waals surface area contributed by atoms with Crippen molar-refractivity contribution >= 4 is 19.9 Å². The minimum atomic E-state index is -4.60. The number of nitriles is 1. The number of halogens is 3. The highest BCUT2D eigenvalue weighted by atomic mass is 28.3. The van der Waals surface area contributed by atoms with Crippen molar-refractivity contribution in [3.8, 4) is 6.07 Å². The van der Waals surface area contributed by atoms with Gasteiger partial charge in [-0.25, -0.2) is 0 Å². The van der Waals surface area contributed by atoms with Crippen molar-refractivity contribution in [1.82, 2.24) is 20.5 Å². The SMILES string of the molecule is CC1(C)C[C@@H](C[C@@H](C#N)NC(=O)[C@@H]2C[Si]3(CCCC3)CN2C(=O)c2ccc(C(F)(F)F)[nH]2)C(O)N1. The number of carbonyl (C=O) groups is 2. The average molecular weight is 512 g/mol. The molecule has 4 heterocycles. The number of nitrogens with one attached hydrogen (secondary N) is 3. The Morgan fingerprint density at radius 3 is 2.57 bits per heavy atom. The van der Waals surface area contributed by atoms with E-state index in [0.29, 0.717) is 18.6 Å². The predicted molar refractivity (Wildman–Crippen MR) is 124 cm³/mol. The monoisotopic (exact) mass is 511 g/mol. The summed E-state index contributed by atoms with van der Waals surface area (Å²) in [5.74, 6) is -1.29. The van der Waals surface area contributed by atoms with Crippen molar-refractivity contribution in [2.75, 3.05) is 6.17 Å². The Bertz CT molecular complexity index is 1010. The molecule has 3 fully saturated rings. The summed E-state index contributed by atoms with van der Waals surface area (Å²) >= 11 is 0. The molecule has 1 aromatic heterocycles. The van der Waals surface area contributed by atoms with Crippen LogP contribution in [0.3, 0.4) is 0 Å². The molecule has 4 rings (SSSR count). The van der Waals surface area contributed by atoms with Crippen LogP contribution in [0.1, 0.15) is 55.7 Å². The number of aromatic nitrogens is 1. The van der Waals surface area contributed by atoms with Gasteiger partial charge in [0.1, 0.15) is 29.7 Å². The topological polar surface area (TPSA) is 121 Å². The highest BCUT2D eigenvalue weighted by molar-refractivity contribution is 6.82. The summed E-state index contributed by atoms with van der Waals surface area (Å²) in [6.07, 6.45) is -1.99. The van der Waals surface area contributed by atoms with Crippen molar-refractivity contribution in [3.05, 3.63) is 23.5 Å². The maximum Gasteiger partial charge on any atom is 0.431 e. The number of nitrogens with zero attached hydrogens (tertiary/aromatic N) is 2. The number of aliphatic hydroxyl groups is 1. The Labute approximate surface area is 203 Å². The quantitative estimate of drug-likeness (QED) is 0.453. The summed E-state index contributed by atoms with van der Waals surface area (Å²) in [4.78, 5) is 30.2. The maximum atomic E-state index is 13.3. The van der Waals surface area contributed by atoms with E-state index in [1.54, 1.807) is 0 Å². The first-order valence-corrected chi connectivity index (χ1v) is 14.9. The molecule has 2 amide bonds. The molecule has 1 aromatic rings. The van der Waals surface area contributed by atoms with Crippen LogP contribution >= 0.6 is 0 Å². The van der Waals surface area contributed by atoms with E-state index >= 15 is 0 Å². The van der Waals surface area contributed by atoms with E-state index in [4.69, 9.17) is 0 Å². The normalized spacial score (nSPS) is 28.3. The molecule has 1 unspecified atom stereocenters. The molecule has 3 aliphatic rings. The molecule has 35 heavy (non-hydrogen) atoms. The molecule has 3 saturated heterocycles. The summed E-state index contributed by atoms with van der Waals surface area (Å²) in [5, 5.41) is 25.8. The second kappa shape index (κ2) is 9.26. The largest absolute Gasteiger partial charge is 0.431 e. The lowest BCUT2D eigenvalue weighted by Gasteiger charge is -2.26. The summed E-state index contributed by atoms with van der Waals surface area (Å²) in [7, 11) is -1.94. The van der Waals surface area contributed by atoms with E-state index in [1.807, 2.05) is 13.8 Å². The Morgan fingerprint density at radius 2 is 2.03 bits per heavy atom. The third-order valence-electron chi connectivity index (χ3n) is 7.73. The van der Waals surface area contributed by atoms with Crippen LogP contribution in [0.2, 0.25) is 18.1 Å². The Hall–Kier alpha value is -2.36. The van der Waals surface area contributed by atoms with Gasteiger partial charge >= 0.3 is 6.18 Å². The van der Waals surface area contributed by atoms with Gasteiger partial charge in [-0.05, 0) is 44.9 Å². The van der Waals surface area contributed by atoms with Gasteiger partial charge in [-0.2, -0.15) is 18.4 Å². The van der Waals surface area contributed by atoms with Crippen molar-refractivity contribution in [1.29, 1.82) is 5.26 Å². The fourth-order valence-corrected chi connectivity index (χ4v) is 11.5. The van der Waals surface area contributed by atoms with Crippen molar-refractivity contribution < 1.29 is 27.9 Å². The first-order valence-electron chi connectivity index (χ1n) is 12.1. The molecule has 3 aliphatic heterocycles. The molecule has 1 spiro atoms. The number of aliphatic hydroxyl groups excluding tert-OH is 1. The van der Waals surface area contributed by atoms with Gasteiger partial charge in [-0.3, -0.25) is 14.9 Å². The second-order valence-electron chi connectivity index (χ2n) is 11.0. The van der Waals surface area contributed by atoms with Gasteiger partial charge < -0.3 is 20.3 Å². The van der Waals surface area contributed by atoms with Crippen LogP contribution in [0.15, 0.2) is 12.1 Å². The van der Waals surface area contributed by atoms with Crippen LogP contribution < -0.4 is 10.6 Å². The van der Waals surface area contributed by atoms with Gasteiger partial charge in [0.25, 0.3) is 5.91 Å². The zero-order chi connectivity index (χ0) is 25.6. The minimum Gasteiger partial charge on any atom is -0.378 e. The van der Waals surface area contributed by atoms with E-state index in [0.717, 1.165) is 37.1 Å². The van der Waals surface area contributed by atoms with E-state index < -0.39 is 50.1 Å². The summed E-state index contributed by atoms with van der Waals surface area (Å²) in [6.45, 7) is 3.91. The van der Waals surface area contributed by atoms with Gasteiger partial charge in [0.15, 0.2) is 0 Å². The van der Waals surface area contributed by atoms with Gasteiger partial charge in [0.2, 0.25) is 5.91 Å². The van der Waals surface area contributed by atoms with Crippen molar-refractivity contribution in [2.45, 2.75) is 87.7 Å². The number of hydrogen-bond acceptors (Lipinski definition) is 5. The first kappa shape index (κ1) is 25.7. The number of carbonyl (C=O) groups excluding carboxylic acids is 2. The molecule has 4 atom stereocenters. The van der Waals surface area contributed by atoms with Crippen LogP contribution in [-0.4, -0.2) is 64.9 Å². The number of aromatic amines is 1. The Balaban J connectivity index is 1.50. The maximum absolute atomic E-state index is 13.3. The Morgan fingerprint density at radius 1 is 1.34 bits per heavy atom. The highest BCUT2D eigenvalue weighted by Crippen LogP contribution is 2.41. The fourth-order valence-electron chi connectivity index (χ4n) is 6.10. The van der Waals surface area contributed by atoms with Crippen LogP contribution in [0, 0.1) is 17.2 Å². The number of rotatable bonds is 5. The molecule has 0 aromatic carbocycles. The zero-order valence-corrected chi connectivity index (χ0v) is 20.9. The zero-order valence-electron chi connectivity index (χ0n) is 19.9. The first-order chi connectivity index (χ1) is 16.3. The number of hydrogen-bond donors (Lipinski definition) is 4. The molecule has 0 saturated carbocycles. The molecular formula is C23H32F3N5O3Si. The van der Waals surface area contributed by atoms with Gasteiger partial charge in [0, 0.05) is 17.6 Å². The fraction of sp³-hybridized carbons (Fsp3) is 0.696. The number of amides is 2. The molecule has 4 N–H and O–H groups in total. The van der Waals surface area contributed by atoms with E-state index in [2.05, 4.69) is 21.7 Å². The standard InChI is InChI=1S/C23H32F3N5O3Si/c1-22(2)10-14(19(32)30-22)9-15(11-27)28-20(33)17-12-35(7-3-4-8-35)13-31(17)21(34)16-5-6-18(29-16)23(24,25)26/h5-6,14-15,17,19,29-30,32H,3-4,7-10,12-13H2,1-2H3,(H,28,33)/t14-,15+,17+,19?/m1/s1. The lowest BCUT2D eigenvalue weighted by atomic mass is 9.91. The lowest BCUT2D eigenvalue weighted by Crippen LogP contribution is -2.49. The predicted octanol–water partition coefficient (Wildman–Crippen LogP) is 2.74. The third kappa shape index (κ3) is 5.41. The van der Waals surface area contributed by atoms with Crippen molar-refractivity contribution in [3.63, 3.8) is 0 Å². The van der Waals surface area contributed by atoms with Crippen LogP contribution in [0.5, 0.6) is 0 Å². The average Bonchev–Trinajstić information content (AvgIpc) is 3.54. The summed E-state index contributed by atoms with van der Waals surface area (Å²) in [6, 6.07) is 4.88. The molecule has 0 bridgehead atoms. The second-order valence-corrected chi connectivity index (χ2v) is 15.7. The number of alkyl halides is 3. The van der Waals surface area contributed by atoms with Crippen LogP contribution in [0.4, 0.5) is 13.2 Å².